The van der Waals surface area contributed by atoms with Crippen molar-refractivity contribution in [3.63, 3.8) is 0 Å². The Bertz CT molecular complexity index is 41.3. The molecule has 1 rings (SSSR count). The van der Waals surface area contributed by atoms with Crippen LogP contribution >= 0.6 is 0 Å². The molecule has 0 saturated heterocycles. The van der Waals surface area contributed by atoms with E-state index in [0.717, 1.165) is 6.04 Å². The average molecular weight is 105 g/mol. The summed E-state index contributed by atoms with van der Waals surface area (Å²) < 4.78 is 0. The van der Waals surface area contributed by atoms with E-state index in [1.54, 1.807) is 0 Å². The molecule has 0 unspecified atom stereocenters. The minimum absolute atomic E-state index is 0. The molecule has 0 aromatic rings. The molecule has 0 atom stereocenters. The van der Waals surface area contributed by atoms with Crippen LogP contribution in [0.2, 0.25) is 0 Å². The highest BCUT2D eigenvalue weighted by molar-refractivity contribution is 4.61. The van der Waals surface area contributed by atoms with Gasteiger partial charge in [0, 0.05) is 0 Å². The van der Waals surface area contributed by atoms with E-state index in [2.05, 4.69) is 5.73 Å². The van der Waals surface area contributed by atoms with Gasteiger partial charge in [-0.1, -0.05) is 0 Å². The topological polar surface area (TPSA) is 27.6 Å². The van der Waals surface area contributed by atoms with Crippen molar-refractivity contribution >= 4 is 0 Å². The number of hydrogen-bond acceptors (Lipinski definition) is 0. The van der Waals surface area contributed by atoms with Crippen LogP contribution in [0.25, 0.3) is 0 Å². The lowest BCUT2D eigenvalue weighted by Gasteiger charge is -1.88. The summed E-state index contributed by atoms with van der Waals surface area (Å²) in [5.74, 6) is 0. The van der Waals surface area contributed by atoms with Crippen molar-refractivity contribution in [1.82, 2.24) is 0 Å². The van der Waals surface area contributed by atoms with Gasteiger partial charge in [0.25, 0.3) is 0 Å². The average Bonchev–Trinajstić information content (AvgIpc) is 1.86. The highest BCUT2D eigenvalue weighted by Gasteiger charge is 2.11. The molecule has 1 saturated carbocycles. The minimum Gasteiger partial charge on any atom is -1.00 e. The zero-order chi connectivity index (χ0) is 4.41. The van der Waals surface area contributed by atoms with E-state index in [0.29, 0.717) is 0 Å². The molecule has 1 fully saturated rings. The van der Waals surface area contributed by atoms with E-state index in [1.165, 1.54) is 25.7 Å². The van der Waals surface area contributed by atoms with Gasteiger partial charge in [-0.15, -0.1) is 0 Å². The summed E-state index contributed by atoms with van der Waals surface area (Å²) in [4.78, 5) is 0. The summed E-state index contributed by atoms with van der Waals surface area (Å²) in [6.07, 6.45) is 5.60. The molecule has 0 heterocycles. The Hall–Kier alpha value is -0.110. The minimum atomic E-state index is 0. The standard InChI is InChI=1S/C5H11N.FH/c6-5-3-1-2-4-5;/h5H,1-4,6H2;1H. The fraction of sp³-hybridized carbons (Fsp3) is 1.00. The second kappa shape index (κ2) is 2.97. The Morgan fingerprint density at radius 3 is 1.71 bits per heavy atom. The van der Waals surface area contributed by atoms with Crippen molar-refractivity contribution in [3.05, 3.63) is 0 Å². The second-order valence-electron chi connectivity index (χ2n) is 2.15. The van der Waals surface area contributed by atoms with E-state index in [9.17, 15) is 0 Å². The number of quaternary nitrogens is 1. The predicted molar refractivity (Wildman–Crippen MR) is 25.1 cm³/mol. The van der Waals surface area contributed by atoms with Crippen LogP contribution in [0, 0.1) is 0 Å². The molecule has 7 heavy (non-hydrogen) atoms. The van der Waals surface area contributed by atoms with Gasteiger partial charge in [-0.05, 0) is 25.7 Å². The Morgan fingerprint density at radius 2 is 1.57 bits per heavy atom. The molecule has 1 aliphatic rings. The van der Waals surface area contributed by atoms with Crippen molar-refractivity contribution in [2.75, 3.05) is 0 Å². The molecular formula is C5H12FN. The van der Waals surface area contributed by atoms with Crippen LogP contribution in [0.3, 0.4) is 0 Å². The van der Waals surface area contributed by atoms with Crippen molar-refractivity contribution in [2.24, 2.45) is 0 Å². The number of hydrogen-bond donors (Lipinski definition) is 1. The van der Waals surface area contributed by atoms with Crippen LogP contribution in [-0.4, -0.2) is 6.04 Å². The zero-order valence-corrected chi connectivity index (χ0v) is 4.49. The Balaban J connectivity index is 0.000000360. The predicted octanol–water partition coefficient (Wildman–Crippen LogP) is -2.83. The summed E-state index contributed by atoms with van der Waals surface area (Å²) in [6.45, 7) is 0. The lowest BCUT2D eigenvalue weighted by Crippen LogP contribution is -3.00. The first kappa shape index (κ1) is 6.89. The van der Waals surface area contributed by atoms with Gasteiger partial charge in [0.05, 0.1) is 6.04 Å². The van der Waals surface area contributed by atoms with Crippen molar-refractivity contribution < 1.29 is 10.4 Å². The van der Waals surface area contributed by atoms with Crippen LogP contribution in [-0.2, 0) is 0 Å². The molecule has 0 aromatic carbocycles. The van der Waals surface area contributed by atoms with Crippen LogP contribution in [0.15, 0.2) is 0 Å². The molecule has 1 aliphatic carbocycles. The van der Waals surface area contributed by atoms with E-state index >= 15 is 0 Å². The van der Waals surface area contributed by atoms with Gasteiger partial charge in [0.1, 0.15) is 0 Å². The molecular weight excluding hydrogens is 93.1 g/mol. The molecule has 3 N–H and O–H groups in total. The van der Waals surface area contributed by atoms with Crippen molar-refractivity contribution in [2.45, 2.75) is 31.7 Å². The highest BCUT2D eigenvalue weighted by Crippen LogP contribution is 2.13. The lowest BCUT2D eigenvalue weighted by atomic mass is 10.3. The molecule has 0 aliphatic heterocycles. The van der Waals surface area contributed by atoms with Gasteiger partial charge in [0.15, 0.2) is 0 Å². The fourth-order valence-corrected chi connectivity index (χ4v) is 1.01. The summed E-state index contributed by atoms with van der Waals surface area (Å²) >= 11 is 0. The highest BCUT2D eigenvalue weighted by atomic mass is 19.0. The molecule has 1 nitrogen and oxygen atoms in total. The van der Waals surface area contributed by atoms with Gasteiger partial charge < -0.3 is 10.4 Å². The van der Waals surface area contributed by atoms with E-state index < -0.39 is 0 Å². The molecule has 0 amide bonds. The van der Waals surface area contributed by atoms with Gasteiger partial charge in [-0.25, -0.2) is 0 Å². The number of halogens is 1. The van der Waals surface area contributed by atoms with Crippen LogP contribution in [0.1, 0.15) is 25.7 Å². The maximum atomic E-state index is 3.94. The molecule has 0 aromatic heterocycles. The SMILES string of the molecule is [F-].[NH3+]C1CCCC1. The van der Waals surface area contributed by atoms with E-state index in [-0.39, 0.29) is 4.70 Å². The third-order valence-electron chi connectivity index (χ3n) is 1.47. The molecule has 44 valence electrons. The summed E-state index contributed by atoms with van der Waals surface area (Å²) in [6, 6.07) is 0.796. The summed E-state index contributed by atoms with van der Waals surface area (Å²) in [5, 5.41) is 0. The summed E-state index contributed by atoms with van der Waals surface area (Å²) in [5.41, 5.74) is 3.94. The maximum absolute atomic E-state index is 3.94. The van der Waals surface area contributed by atoms with Crippen LogP contribution in [0.5, 0.6) is 0 Å². The first-order valence-corrected chi connectivity index (χ1v) is 2.72. The monoisotopic (exact) mass is 105 g/mol. The third kappa shape index (κ3) is 1.88. The van der Waals surface area contributed by atoms with Crippen molar-refractivity contribution in [1.29, 1.82) is 0 Å². The second-order valence-corrected chi connectivity index (χ2v) is 2.15. The van der Waals surface area contributed by atoms with Crippen LogP contribution < -0.4 is 10.4 Å². The van der Waals surface area contributed by atoms with Gasteiger partial charge >= 0.3 is 0 Å². The Labute approximate surface area is 43.3 Å². The van der Waals surface area contributed by atoms with Crippen LogP contribution in [0.4, 0.5) is 0 Å². The first-order chi connectivity index (χ1) is 2.89. The van der Waals surface area contributed by atoms with Crippen molar-refractivity contribution in [3.8, 4) is 0 Å². The smallest absolute Gasteiger partial charge is 0.0843 e. The Kier molecular flexibility index (Phi) is 2.92. The Morgan fingerprint density at radius 1 is 1.14 bits per heavy atom. The zero-order valence-electron chi connectivity index (χ0n) is 4.49. The molecule has 0 spiro atoms. The molecule has 0 bridgehead atoms. The lowest BCUT2D eigenvalue weighted by molar-refractivity contribution is -0.417. The first-order valence-electron chi connectivity index (χ1n) is 2.72. The molecule has 0 radical (unpaired) electrons. The van der Waals surface area contributed by atoms with Gasteiger partial charge in [-0.3, -0.25) is 0 Å². The van der Waals surface area contributed by atoms with E-state index in [1.807, 2.05) is 0 Å². The molecule has 2 heteroatoms. The fourth-order valence-electron chi connectivity index (χ4n) is 1.01. The maximum Gasteiger partial charge on any atom is 0.0843 e. The summed E-state index contributed by atoms with van der Waals surface area (Å²) in [7, 11) is 0. The van der Waals surface area contributed by atoms with Gasteiger partial charge in [-0.2, -0.15) is 0 Å². The number of rotatable bonds is 0. The van der Waals surface area contributed by atoms with Gasteiger partial charge in [0.2, 0.25) is 0 Å². The third-order valence-corrected chi connectivity index (χ3v) is 1.47. The van der Waals surface area contributed by atoms with E-state index in [4.69, 9.17) is 0 Å². The quantitative estimate of drug-likeness (QED) is 0.344. The normalized spacial score (nSPS) is 21.9. The largest absolute Gasteiger partial charge is 1.00 e.